The molecule has 0 aliphatic carbocycles. The first-order valence-electron chi connectivity index (χ1n) is 6.81. The lowest BCUT2D eigenvalue weighted by Gasteiger charge is -2.04. The molecule has 0 unspecified atom stereocenters. The van der Waals surface area contributed by atoms with Crippen molar-refractivity contribution in [1.29, 1.82) is 0 Å². The number of ketones is 1. The minimum atomic E-state index is -0.107. The van der Waals surface area contributed by atoms with Gasteiger partial charge in [-0.2, -0.15) is 10.2 Å². The second-order valence-corrected chi connectivity index (χ2v) is 5.74. The average molecular weight is 347 g/mol. The molecule has 1 aromatic carbocycles. The molecule has 0 aliphatic heterocycles. The molecule has 0 spiro atoms. The van der Waals surface area contributed by atoms with E-state index in [1.807, 2.05) is 31.3 Å². The van der Waals surface area contributed by atoms with E-state index in [4.69, 9.17) is 0 Å². The molecule has 0 atom stereocenters. The first-order chi connectivity index (χ1) is 10.1. The van der Waals surface area contributed by atoms with Crippen LogP contribution in [-0.2, 0) is 13.6 Å². The molecule has 0 N–H and O–H groups in total. The minimum absolute atomic E-state index is 0.107. The maximum absolute atomic E-state index is 12.9. The van der Waals surface area contributed by atoms with Gasteiger partial charge in [0.2, 0.25) is 5.78 Å². The average Bonchev–Trinajstić information content (AvgIpc) is 3.01. The molecule has 0 bridgehead atoms. The molecule has 5 nitrogen and oxygen atoms in total. The number of para-hydroxylation sites is 1. The predicted molar refractivity (Wildman–Crippen MR) is 84.4 cm³/mol. The van der Waals surface area contributed by atoms with Crippen LogP contribution < -0.4 is 0 Å². The van der Waals surface area contributed by atoms with Gasteiger partial charge in [0.15, 0.2) is 0 Å². The Morgan fingerprint density at radius 2 is 2.10 bits per heavy atom. The number of nitrogens with zero attached hydrogens (tertiary/aromatic N) is 4. The lowest BCUT2D eigenvalue weighted by molar-refractivity contribution is 0.102. The molecule has 0 radical (unpaired) electrons. The lowest BCUT2D eigenvalue weighted by Crippen LogP contribution is -2.13. The Balaban J connectivity index is 2.15. The molecule has 3 aromatic rings. The largest absolute Gasteiger partial charge is 0.285 e. The molecule has 0 saturated heterocycles. The van der Waals surface area contributed by atoms with Gasteiger partial charge in [0.05, 0.1) is 16.2 Å². The Hall–Kier alpha value is -1.95. The monoisotopic (exact) mass is 346 g/mol. The van der Waals surface area contributed by atoms with E-state index in [1.54, 1.807) is 15.6 Å². The number of aryl methyl sites for hydroxylation is 2. The zero-order chi connectivity index (χ0) is 15.0. The van der Waals surface area contributed by atoms with Crippen molar-refractivity contribution >= 4 is 32.6 Å². The molecule has 2 heterocycles. The molecule has 21 heavy (non-hydrogen) atoms. The number of aromatic nitrogens is 4. The standard InChI is InChI=1S/C15H15BrN4O/c1-3-8-20-14(11(16)9-17-20)15(21)13-10-6-4-5-7-12(10)19(2)18-13/h4-7,9H,3,8H2,1-2H3. The Kier molecular flexibility index (Phi) is 3.63. The molecular formula is C15H15BrN4O. The fourth-order valence-corrected chi connectivity index (χ4v) is 2.94. The van der Waals surface area contributed by atoms with E-state index in [-0.39, 0.29) is 5.78 Å². The minimum Gasteiger partial charge on any atom is -0.285 e. The number of benzene rings is 1. The van der Waals surface area contributed by atoms with Crippen molar-refractivity contribution < 1.29 is 4.79 Å². The normalized spacial score (nSPS) is 11.2. The van der Waals surface area contributed by atoms with Crippen LogP contribution in [0.5, 0.6) is 0 Å². The highest BCUT2D eigenvalue weighted by molar-refractivity contribution is 9.10. The number of hydrogen-bond donors (Lipinski definition) is 0. The number of carbonyl (C=O) groups excluding carboxylic acids is 1. The van der Waals surface area contributed by atoms with Gasteiger partial charge in [-0.1, -0.05) is 25.1 Å². The first kappa shape index (κ1) is 14.0. The van der Waals surface area contributed by atoms with Crippen LogP contribution in [0.4, 0.5) is 0 Å². The highest BCUT2D eigenvalue weighted by Crippen LogP contribution is 2.24. The quantitative estimate of drug-likeness (QED) is 0.681. The van der Waals surface area contributed by atoms with Gasteiger partial charge in [-0.3, -0.25) is 14.2 Å². The summed E-state index contributed by atoms with van der Waals surface area (Å²) in [5.41, 5.74) is 1.96. The molecular weight excluding hydrogens is 332 g/mol. The summed E-state index contributed by atoms with van der Waals surface area (Å²) in [6.07, 6.45) is 2.57. The summed E-state index contributed by atoms with van der Waals surface area (Å²) in [5, 5.41) is 9.51. The van der Waals surface area contributed by atoms with Crippen molar-refractivity contribution in [3.63, 3.8) is 0 Å². The van der Waals surface area contributed by atoms with Crippen LogP contribution in [0.2, 0.25) is 0 Å². The van der Waals surface area contributed by atoms with Crippen molar-refractivity contribution in [3.8, 4) is 0 Å². The van der Waals surface area contributed by atoms with E-state index in [0.29, 0.717) is 22.4 Å². The number of rotatable bonds is 4. The number of halogens is 1. The number of carbonyl (C=O) groups is 1. The fourth-order valence-electron chi connectivity index (χ4n) is 2.46. The van der Waals surface area contributed by atoms with Crippen molar-refractivity contribution in [2.24, 2.45) is 7.05 Å². The third-order valence-corrected chi connectivity index (χ3v) is 4.00. The molecule has 2 aromatic heterocycles. The van der Waals surface area contributed by atoms with Gasteiger partial charge in [-0.25, -0.2) is 0 Å². The predicted octanol–water partition coefficient (Wildman–Crippen LogP) is 3.17. The second-order valence-electron chi connectivity index (χ2n) is 4.88. The Morgan fingerprint density at radius 3 is 2.86 bits per heavy atom. The summed E-state index contributed by atoms with van der Waals surface area (Å²) in [5.74, 6) is -0.107. The summed E-state index contributed by atoms with van der Waals surface area (Å²) in [4.78, 5) is 12.9. The van der Waals surface area contributed by atoms with Crippen LogP contribution in [0.15, 0.2) is 34.9 Å². The van der Waals surface area contributed by atoms with Crippen LogP contribution in [-0.4, -0.2) is 25.3 Å². The molecule has 6 heteroatoms. The SMILES string of the molecule is CCCn1ncc(Br)c1C(=O)c1nn(C)c2ccccc12. The van der Waals surface area contributed by atoms with E-state index in [9.17, 15) is 4.79 Å². The molecule has 3 rings (SSSR count). The Bertz CT molecular complexity index is 818. The summed E-state index contributed by atoms with van der Waals surface area (Å²) in [6.45, 7) is 2.76. The van der Waals surface area contributed by atoms with E-state index in [0.717, 1.165) is 17.3 Å². The lowest BCUT2D eigenvalue weighted by atomic mass is 10.1. The van der Waals surface area contributed by atoms with Gasteiger partial charge in [0.1, 0.15) is 11.4 Å². The molecule has 108 valence electrons. The fraction of sp³-hybridized carbons (Fsp3) is 0.267. The van der Waals surface area contributed by atoms with Gasteiger partial charge < -0.3 is 0 Å². The zero-order valence-corrected chi connectivity index (χ0v) is 13.5. The van der Waals surface area contributed by atoms with Crippen LogP contribution in [0.3, 0.4) is 0 Å². The van der Waals surface area contributed by atoms with Crippen molar-refractivity contribution in [3.05, 3.63) is 46.3 Å². The highest BCUT2D eigenvalue weighted by Gasteiger charge is 2.23. The summed E-state index contributed by atoms with van der Waals surface area (Å²) in [6, 6.07) is 7.73. The van der Waals surface area contributed by atoms with Crippen molar-refractivity contribution in [1.82, 2.24) is 19.6 Å². The van der Waals surface area contributed by atoms with Gasteiger partial charge in [0.25, 0.3) is 0 Å². The molecule has 0 fully saturated rings. The van der Waals surface area contributed by atoms with Gasteiger partial charge in [-0.05, 0) is 28.4 Å². The van der Waals surface area contributed by atoms with Gasteiger partial charge >= 0.3 is 0 Å². The van der Waals surface area contributed by atoms with Gasteiger partial charge in [0, 0.05) is 19.0 Å². The third-order valence-electron chi connectivity index (χ3n) is 3.42. The summed E-state index contributed by atoms with van der Waals surface area (Å²) in [7, 11) is 1.84. The van der Waals surface area contributed by atoms with Crippen LogP contribution in [0.25, 0.3) is 10.9 Å². The van der Waals surface area contributed by atoms with Crippen LogP contribution in [0, 0.1) is 0 Å². The van der Waals surface area contributed by atoms with E-state index in [2.05, 4.69) is 33.1 Å². The second kappa shape index (κ2) is 5.44. The maximum atomic E-state index is 12.9. The van der Waals surface area contributed by atoms with Gasteiger partial charge in [-0.15, -0.1) is 0 Å². The number of fused-ring (bicyclic) bond motifs is 1. The van der Waals surface area contributed by atoms with Crippen LogP contribution in [0.1, 0.15) is 29.5 Å². The zero-order valence-electron chi connectivity index (χ0n) is 11.9. The van der Waals surface area contributed by atoms with E-state index < -0.39 is 0 Å². The molecule has 0 saturated carbocycles. The summed E-state index contributed by atoms with van der Waals surface area (Å²) >= 11 is 3.42. The van der Waals surface area contributed by atoms with Crippen molar-refractivity contribution in [2.75, 3.05) is 0 Å². The first-order valence-corrected chi connectivity index (χ1v) is 7.60. The molecule has 0 aliphatic rings. The van der Waals surface area contributed by atoms with E-state index in [1.165, 1.54) is 0 Å². The summed E-state index contributed by atoms with van der Waals surface area (Å²) < 4.78 is 4.17. The Labute approximate surface area is 130 Å². The Morgan fingerprint density at radius 1 is 1.33 bits per heavy atom. The van der Waals surface area contributed by atoms with E-state index >= 15 is 0 Å². The third kappa shape index (κ3) is 2.29. The topological polar surface area (TPSA) is 52.7 Å². The van der Waals surface area contributed by atoms with Crippen LogP contribution >= 0.6 is 15.9 Å². The van der Waals surface area contributed by atoms with Crippen molar-refractivity contribution in [2.45, 2.75) is 19.9 Å². The number of hydrogen-bond acceptors (Lipinski definition) is 3. The maximum Gasteiger partial charge on any atom is 0.233 e. The smallest absolute Gasteiger partial charge is 0.233 e. The highest BCUT2D eigenvalue weighted by atomic mass is 79.9. The molecule has 0 amide bonds.